The average Bonchev–Trinajstić information content (AvgIpc) is 3.69. The summed E-state index contributed by atoms with van der Waals surface area (Å²) in [6.45, 7) is -1.41. The summed E-state index contributed by atoms with van der Waals surface area (Å²) in [7, 11) is -4.82. The Bertz CT molecular complexity index is 2510. The Balaban J connectivity index is 0.000000261. The van der Waals surface area contributed by atoms with Gasteiger partial charge >= 0.3 is 12.9 Å². The van der Waals surface area contributed by atoms with E-state index in [-0.39, 0.29) is 58.4 Å². The van der Waals surface area contributed by atoms with Gasteiger partial charge in [-0.2, -0.15) is 17.6 Å². The third kappa shape index (κ3) is 11.9. The van der Waals surface area contributed by atoms with Gasteiger partial charge in [0.1, 0.15) is 23.1 Å². The molecule has 1 N–H and O–H groups in total. The van der Waals surface area contributed by atoms with Gasteiger partial charge in [0.25, 0.3) is 11.8 Å². The second kappa shape index (κ2) is 19.5. The van der Waals surface area contributed by atoms with E-state index in [1.807, 2.05) is 0 Å². The van der Waals surface area contributed by atoms with Gasteiger partial charge in [-0.25, -0.2) is 25.6 Å². The molecule has 0 unspecified atom stereocenters. The maximum atomic E-state index is 14.7. The van der Waals surface area contributed by atoms with Gasteiger partial charge in [-0.1, -0.05) is 42.5 Å². The molecule has 316 valence electrons. The highest BCUT2D eigenvalue weighted by Crippen LogP contribution is 2.33. The third-order valence-corrected chi connectivity index (χ3v) is 10.3. The number of nitrogens with zero attached hydrogens (tertiary/aromatic N) is 4. The zero-order chi connectivity index (χ0) is 43.7. The van der Waals surface area contributed by atoms with Gasteiger partial charge in [0.2, 0.25) is 25.9 Å². The number of sulfonamides is 2. The fourth-order valence-corrected chi connectivity index (χ4v) is 6.95. The number of carbonyl (C=O) groups is 2. The normalized spacial score (nSPS) is 11.5. The van der Waals surface area contributed by atoms with Crippen LogP contribution in [0.3, 0.4) is 0 Å². The van der Waals surface area contributed by atoms with Crippen LogP contribution in [0.15, 0.2) is 89.3 Å². The van der Waals surface area contributed by atoms with Crippen LogP contribution in [0.4, 0.5) is 37.7 Å². The molecule has 59 heavy (non-hydrogen) atoms. The molecule has 0 radical (unpaired) electrons. The molecule has 4 aromatic carbocycles. The lowest BCUT2D eigenvalue weighted by molar-refractivity contribution is -0.131. The van der Waals surface area contributed by atoms with E-state index in [4.69, 9.17) is 13.9 Å². The van der Waals surface area contributed by atoms with Crippen molar-refractivity contribution in [1.29, 1.82) is 0 Å². The van der Waals surface area contributed by atoms with Gasteiger partial charge in [-0.15, -0.1) is 10.2 Å². The van der Waals surface area contributed by atoms with E-state index in [0.717, 1.165) is 33.3 Å². The number of methoxy groups -OCH3 is 2. The van der Waals surface area contributed by atoms with Crippen LogP contribution in [-0.2, 0) is 37.9 Å². The van der Waals surface area contributed by atoms with Crippen LogP contribution in [0.25, 0.3) is 11.5 Å². The first-order chi connectivity index (χ1) is 27.7. The number of rotatable bonds is 16. The maximum Gasteiger partial charge on any atom is 0.315 e. The first-order valence-corrected chi connectivity index (χ1v) is 20.4. The predicted octanol–water partition coefficient (Wildman–Crippen LogP) is 6.15. The molecule has 5 aromatic rings. The Kier molecular flexibility index (Phi) is 15.1. The van der Waals surface area contributed by atoms with E-state index in [2.05, 4.69) is 10.2 Å². The molecular weight excluding hydrogens is 837 g/mol. The molecule has 1 amide bonds. The lowest BCUT2D eigenvalue weighted by atomic mass is 10.1. The van der Waals surface area contributed by atoms with Gasteiger partial charge < -0.3 is 19.2 Å². The summed E-state index contributed by atoms with van der Waals surface area (Å²) < 4.78 is 145. The van der Waals surface area contributed by atoms with Crippen molar-refractivity contribution in [3.8, 4) is 23.0 Å². The largest absolute Gasteiger partial charge is 0.495 e. The van der Waals surface area contributed by atoms with Crippen molar-refractivity contribution in [2.24, 2.45) is 0 Å². The highest BCUT2D eigenvalue weighted by molar-refractivity contribution is 7.92. The quantitative estimate of drug-likeness (QED) is 0.0888. The Hall–Kier alpha value is -6.16. The van der Waals surface area contributed by atoms with E-state index in [0.29, 0.717) is 5.75 Å². The molecule has 22 heteroatoms. The van der Waals surface area contributed by atoms with Gasteiger partial charge in [0.05, 0.1) is 57.7 Å². The zero-order valence-corrected chi connectivity index (χ0v) is 33.0. The van der Waals surface area contributed by atoms with Crippen LogP contribution in [0, 0.1) is 11.6 Å². The number of nitrogens with one attached hydrogen (secondary N) is 1. The summed E-state index contributed by atoms with van der Waals surface area (Å²) in [6.07, 6.45) is -4.25. The molecule has 0 bridgehead atoms. The lowest BCUT2D eigenvalue weighted by Crippen LogP contribution is -2.34. The molecule has 0 atom stereocenters. The van der Waals surface area contributed by atoms with Crippen LogP contribution in [0.5, 0.6) is 11.5 Å². The number of amides is 1. The molecular formula is C37H35F6N5O9S2. The summed E-state index contributed by atoms with van der Waals surface area (Å²) in [5, 5.41) is 8.39. The van der Waals surface area contributed by atoms with Crippen molar-refractivity contribution >= 4 is 43.1 Å². The molecule has 14 nitrogen and oxygen atoms in total. The molecule has 1 aromatic heterocycles. The molecule has 0 spiro atoms. The summed E-state index contributed by atoms with van der Waals surface area (Å²) in [6, 6.07) is 19.7. The van der Waals surface area contributed by atoms with Crippen molar-refractivity contribution < 1.29 is 66.7 Å². The van der Waals surface area contributed by atoms with E-state index in [9.17, 15) is 52.8 Å². The lowest BCUT2D eigenvalue weighted by Gasteiger charge is -2.24. The number of hydrogen-bond donors (Lipinski definition) is 1. The molecule has 0 aliphatic heterocycles. The van der Waals surface area contributed by atoms with Gasteiger partial charge in [-0.05, 0) is 42.5 Å². The van der Waals surface area contributed by atoms with Crippen molar-refractivity contribution in [2.45, 2.75) is 25.9 Å². The van der Waals surface area contributed by atoms with Crippen LogP contribution in [0.1, 0.15) is 33.8 Å². The van der Waals surface area contributed by atoms with Gasteiger partial charge in [0.15, 0.2) is 5.78 Å². The number of carbonyl (C=O) groups excluding carboxylic acids is 2. The number of ether oxygens (including phenoxy) is 2. The minimum Gasteiger partial charge on any atom is -0.495 e. The number of anilines is 2. The number of alkyl halides is 4. The minimum absolute atomic E-state index is 0.0282. The smallest absolute Gasteiger partial charge is 0.315 e. The Morgan fingerprint density at radius 1 is 0.729 bits per heavy atom. The number of Topliss-reactive ketones (excluding diaryl/α,β-unsaturated/α-hetero) is 1. The number of hydrogen-bond acceptors (Lipinski definition) is 11. The van der Waals surface area contributed by atoms with E-state index in [1.165, 1.54) is 50.6 Å². The van der Waals surface area contributed by atoms with Crippen LogP contribution >= 0.6 is 0 Å². The second-order valence-corrected chi connectivity index (χ2v) is 16.0. The second-order valence-electron chi connectivity index (χ2n) is 12.2. The van der Waals surface area contributed by atoms with Crippen molar-refractivity contribution in [2.75, 3.05) is 41.9 Å². The van der Waals surface area contributed by atoms with Crippen molar-refractivity contribution in [3.05, 3.63) is 119 Å². The van der Waals surface area contributed by atoms with Crippen molar-refractivity contribution in [1.82, 2.24) is 15.5 Å². The van der Waals surface area contributed by atoms with Crippen molar-refractivity contribution in [3.63, 3.8) is 0 Å². The fraction of sp³-hybridized carbons (Fsp3) is 0.243. The fourth-order valence-electron chi connectivity index (χ4n) is 5.19. The molecule has 1 heterocycles. The minimum atomic E-state index is -3.82. The summed E-state index contributed by atoms with van der Waals surface area (Å²) >= 11 is 0. The van der Waals surface area contributed by atoms with E-state index >= 15 is 0 Å². The maximum absolute atomic E-state index is 14.7. The Morgan fingerprint density at radius 3 is 1.64 bits per heavy atom. The first-order valence-electron chi connectivity index (χ1n) is 16.7. The summed E-state index contributed by atoms with van der Waals surface area (Å²) in [5.41, 5.74) is 0.414. The first kappa shape index (κ1) is 45.5. The summed E-state index contributed by atoms with van der Waals surface area (Å²) in [5.74, 6) is -4.59. The average molecular weight is 872 g/mol. The highest BCUT2D eigenvalue weighted by atomic mass is 32.2. The highest BCUT2D eigenvalue weighted by Gasteiger charge is 2.25. The third-order valence-electron chi connectivity index (χ3n) is 8.06. The molecule has 0 saturated carbocycles. The Morgan fingerprint density at radius 2 is 1.22 bits per heavy atom. The number of ketones is 1. The van der Waals surface area contributed by atoms with E-state index < -0.39 is 68.7 Å². The molecule has 0 fully saturated rings. The van der Waals surface area contributed by atoms with Crippen LogP contribution < -0.4 is 23.4 Å². The molecule has 5 rings (SSSR count). The number of para-hydroxylation sites is 4. The topological polar surface area (TPSA) is 178 Å². The van der Waals surface area contributed by atoms with Crippen LogP contribution in [-0.4, -0.2) is 78.4 Å². The molecule has 0 aliphatic carbocycles. The number of halogens is 6. The van der Waals surface area contributed by atoms with Crippen LogP contribution in [0.2, 0.25) is 0 Å². The van der Waals surface area contributed by atoms with E-state index in [1.54, 1.807) is 41.7 Å². The summed E-state index contributed by atoms with van der Waals surface area (Å²) in [4.78, 5) is 22.8. The Labute approximate surface area is 334 Å². The standard InChI is InChI=1S/C19H19F3N2O5S.C18H16F3N3O4S/c1-29-17-6-4-3-5-15(17)24(30(2,27)28)11-13-8-7-12(9-14(13)20)16(25)10-23-19(26)18(21)22;1-27-15-6-4-3-5-14(15)24(29(2,25)26)10-12-8-7-11(9-13(12)19)17-22-23-18(28-17)16(20)21/h3-9,18H,10-11H2,1-2H3,(H,23,26);3-9,16H,10H2,1-2H3. The monoisotopic (exact) mass is 871 g/mol. The zero-order valence-electron chi connectivity index (χ0n) is 31.4. The van der Waals surface area contributed by atoms with Gasteiger partial charge in [-0.3, -0.25) is 18.2 Å². The number of benzene rings is 4. The SMILES string of the molecule is COc1ccccc1N(Cc1ccc(-c2nnc(C(F)F)o2)cc1F)S(C)(=O)=O.COc1ccccc1N(Cc1ccc(C(=O)CNC(=O)C(F)F)cc1F)S(C)(=O)=O. The predicted molar refractivity (Wildman–Crippen MR) is 202 cm³/mol. The van der Waals surface area contributed by atoms with Gasteiger partial charge in [0, 0.05) is 22.3 Å². The molecule has 0 aliphatic rings. The number of aromatic nitrogens is 2. The molecule has 0 saturated heterocycles.